The molecule has 3 aromatic carbocycles. The third kappa shape index (κ3) is 8.77. The van der Waals surface area contributed by atoms with E-state index in [0.29, 0.717) is 47.6 Å². The van der Waals surface area contributed by atoms with E-state index in [1.807, 2.05) is 48.5 Å². The molecule has 0 saturated carbocycles. The predicted octanol–water partition coefficient (Wildman–Crippen LogP) is 7.04. The van der Waals surface area contributed by atoms with Crippen molar-refractivity contribution in [2.45, 2.75) is 40.5 Å². The lowest BCUT2D eigenvalue weighted by atomic mass is 10.1. The monoisotopic (exact) mass is 488 g/mol. The zero-order valence-corrected chi connectivity index (χ0v) is 21.5. The van der Waals surface area contributed by atoms with Crippen LogP contribution >= 0.6 is 0 Å². The Morgan fingerprint density at radius 1 is 0.583 bits per heavy atom. The van der Waals surface area contributed by atoms with Crippen LogP contribution in [0.4, 0.5) is 11.4 Å². The van der Waals surface area contributed by atoms with Gasteiger partial charge >= 0.3 is 0 Å². The van der Waals surface area contributed by atoms with Crippen molar-refractivity contribution in [3.63, 3.8) is 0 Å². The number of anilines is 2. The van der Waals surface area contributed by atoms with Crippen LogP contribution in [-0.4, -0.2) is 25.0 Å². The highest BCUT2D eigenvalue weighted by Gasteiger charge is 2.10. The number of ether oxygens (including phenoxy) is 2. The van der Waals surface area contributed by atoms with Crippen LogP contribution in [0.1, 0.15) is 61.3 Å². The lowest BCUT2D eigenvalue weighted by Gasteiger charge is -2.10. The molecule has 0 unspecified atom stereocenters. The van der Waals surface area contributed by atoms with Gasteiger partial charge in [-0.05, 0) is 97.5 Å². The van der Waals surface area contributed by atoms with E-state index < -0.39 is 0 Å². The van der Waals surface area contributed by atoms with Gasteiger partial charge in [-0.15, -0.1) is 0 Å². The first-order valence-corrected chi connectivity index (χ1v) is 12.5. The molecule has 2 N–H and O–H groups in total. The van der Waals surface area contributed by atoms with E-state index in [4.69, 9.17) is 9.47 Å². The molecule has 6 nitrogen and oxygen atoms in total. The first-order valence-electron chi connectivity index (χ1n) is 12.5. The molecule has 0 radical (unpaired) electrons. The quantitative estimate of drug-likeness (QED) is 0.287. The molecule has 0 aliphatic carbocycles. The van der Waals surface area contributed by atoms with Gasteiger partial charge in [0.25, 0.3) is 11.8 Å². The van der Waals surface area contributed by atoms with Gasteiger partial charge in [-0.1, -0.05) is 27.7 Å². The largest absolute Gasteiger partial charge is 0.494 e. The molecule has 0 aliphatic heterocycles. The standard InChI is InChI=1S/C30H36N2O4/c1-21(2)17-19-35-27-13-9-25(10-14-27)31-29(33)23-5-7-24(8-6-23)30(34)32-26-11-15-28(16-12-26)36-20-18-22(3)4/h5-16,21-22H,17-20H2,1-4H3,(H,31,33)(H,32,34). The Balaban J connectivity index is 1.49. The summed E-state index contributed by atoms with van der Waals surface area (Å²) in [6, 6.07) is 21.2. The van der Waals surface area contributed by atoms with Crippen LogP contribution in [0.5, 0.6) is 11.5 Å². The van der Waals surface area contributed by atoms with E-state index in [1.54, 1.807) is 24.3 Å². The summed E-state index contributed by atoms with van der Waals surface area (Å²) in [4.78, 5) is 25.2. The highest BCUT2D eigenvalue weighted by molar-refractivity contribution is 6.07. The molecule has 0 aliphatic rings. The number of carbonyl (C=O) groups is 2. The van der Waals surface area contributed by atoms with E-state index >= 15 is 0 Å². The zero-order chi connectivity index (χ0) is 25.9. The first-order chi connectivity index (χ1) is 17.3. The fourth-order valence-corrected chi connectivity index (χ4v) is 3.27. The van der Waals surface area contributed by atoms with Crippen molar-refractivity contribution in [3.05, 3.63) is 83.9 Å². The molecule has 6 heteroatoms. The Morgan fingerprint density at radius 3 is 1.22 bits per heavy atom. The van der Waals surface area contributed by atoms with Gasteiger partial charge in [-0.2, -0.15) is 0 Å². The maximum absolute atomic E-state index is 12.6. The van der Waals surface area contributed by atoms with Crippen LogP contribution in [0.2, 0.25) is 0 Å². The van der Waals surface area contributed by atoms with Gasteiger partial charge in [0.1, 0.15) is 11.5 Å². The second-order valence-corrected chi connectivity index (χ2v) is 9.60. The fourth-order valence-electron chi connectivity index (χ4n) is 3.27. The highest BCUT2D eigenvalue weighted by atomic mass is 16.5. The van der Waals surface area contributed by atoms with Crippen LogP contribution in [0.15, 0.2) is 72.8 Å². The summed E-state index contributed by atoms with van der Waals surface area (Å²) in [5, 5.41) is 5.73. The summed E-state index contributed by atoms with van der Waals surface area (Å²) in [6.07, 6.45) is 1.98. The van der Waals surface area contributed by atoms with Crippen molar-refractivity contribution in [1.82, 2.24) is 0 Å². The number of rotatable bonds is 12. The van der Waals surface area contributed by atoms with Crippen molar-refractivity contribution < 1.29 is 19.1 Å². The van der Waals surface area contributed by atoms with Crippen LogP contribution in [0.25, 0.3) is 0 Å². The number of nitrogens with one attached hydrogen (secondary N) is 2. The van der Waals surface area contributed by atoms with Crippen molar-refractivity contribution in [2.75, 3.05) is 23.8 Å². The average Bonchev–Trinajstić information content (AvgIpc) is 2.86. The molecule has 36 heavy (non-hydrogen) atoms. The summed E-state index contributed by atoms with van der Waals surface area (Å²) in [5.41, 5.74) is 2.28. The molecule has 0 atom stereocenters. The molecule has 0 aromatic heterocycles. The molecule has 3 aromatic rings. The third-order valence-corrected chi connectivity index (χ3v) is 5.56. The Bertz CT molecular complexity index is 1010. The lowest BCUT2D eigenvalue weighted by molar-refractivity contribution is 0.101. The van der Waals surface area contributed by atoms with E-state index in [-0.39, 0.29) is 11.8 Å². The molecule has 3 rings (SSSR count). The fraction of sp³-hybridized carbons (Fsp3) is 0.333. The first kappa shape index (κ1) is 26.8. The van der Waals surface area contributed by atoms with Crippen LogP contribution in [0, 0.1) is 11.8 Å². The number of carbonyl (C=O) groups excluding carboxylic acids is 2. The molecule has 0 spiro atoms. The third-order valence-electron chi connectivity index (χ3n) is 5.56. The normalized spacial score (nSPS) is 10.8. The Labute approximate surface area is 214 Å². The molecular formula is C30H36N2O4. The van der Waals surface area contributed by atoms with E-state index in [2.05, 4.69) is 38.3 Å². The van der Waals surface area contributed by atoms with Crippen LogP contribution in [0.3, 0.4) is 0 Å². The molecule has 0 fully saturated rings. The molecule has 0 saturated heterocycles. The summed E-state index contributed by atoms with van der Waals surface area (Å²) < 4.78 is 11.4. The van der Waals surface area contributed by atoms with E-state index in [0.717, 1.165) is 24.3 Å². The number of hydrogen-bond donors (Lipinski definition) is 2. The minimum Gasteiger partial charge on any atom is -0.494 e. The van der Waals surface area contributed by atoms with Crippen molar-refractivity contribution in [2.24, 2.45) is 11.8 Å². The van der Waals surface area contributed by atoms with Gasteiger partial charge in [0.15, 0.2) is 0 Å². The summed E-state index contributed by atoms with van der Waals surface area (Å²) in [7, 11) is 0. The summed E-state index contributed by atoms with van der Waals surface area (Å²) in [6.45, 7) is 9.97. The van der Waals surface area contributed by atoms with Gasteiger partial charge in [-0.25, -0.2) is 0 Å². The second kappa shape index (κ2) is 13.3. The molecule has 190 valence electrons. The number of amides is 2. The number of benzene rings is 3. The van der Waals surface area contributed by atoms with E-state index in [1.165, 1.54) is 0 Å². The van der Waals surface area contributed by atoms with Gasteiger partial charge < -0.3 is 20.1 Å². The maximum Gasteiger partial charge on any atom is 0.255 e. The molecule has 0 bridgehead atoms. The average molecular weight is 489 g/mol. The second-order valence-electron chi connectivity index (χ2n) is 9.60. The van der Waals surface area contributed by atoms with Gasteiger partial charge in [0, 0.05) is 22.5 Å². The zero-order valence-electron chi connectivity index (χ0n) is 21.5. The molecular weight excluding hydrogens is 452 g/mol. The highest BCUT2D eigenvalue weighted by Crippen LogP contribution is 2.19. The van der Waals surface area contributed by atoms with Crippen LogP contribution < -0.4 is 20.1 Å². The lowest BCUT2D eigenvalue weighted by Crippen LogP contribution is -2.14. The van der Waals surface area contributed by atoms with Gasteiger partial charge in [0.05, 0.1) is 13.2 Å². The van der Waals surface area contributed by atoms with Crippen molar-refractivity contribution >= 4 is 23.2 Å². The van der Waals surface area contributed by atoms with Crippen molar-refractivity contribution in [1.29, 1.82) is 0 Å². The van der Waals surface area contributed by atoms with Gasteiger partial charge in [-0.3, -0.25) is 9.59 Å². The molecule has 0 heterocycles. The number of hydrogen-bond acceptors (Lipinski definition) is 4. The minimum atomic E-state index is -0.247. The summed E-state index contributed by atoms with van der Waals surface area (Å²) >= 11 is 0. The topological polar surface area (TPSA) is 76.7 Å². The van der Waals surface area contributed by atoms with E-state index in [9.17, 15) is 9.59 Å². The predicted molar refractivity (Wildman–Crippen MR) is 145 cm³/mol. The summed E-state index contributed by atoms with van der Waals surface area (Å²) in [5.74, 6) is 2.24. The molecule has 2 amide bonds. The SMILES string of the molecule is CC(C)CCOc1ccc(NC(=O)c2ccc(C(=O)Nc3ccc(OCCC(C)C)cc3)cc2)cc1. The Hall–Kier alpha value is -3.80. The maximum atomic E-state index is 12.6. The Morgan fingerprint density at radius 2 is 0.917 bits per heavy atom. The van der Waals surface area contributed by atoms with Gasteiger partial charge in [0.2, 0.25) is 0 Å². The van der Waals surface area contributed by atoms with Crippen molar-refractivity contribution in [3.8, 4) is 11.5 Å². The minimum absolute atomic E-state index is 0.247. The smallest absolute Gasteiger partial charge is 0.255 e. The van der Waals surface area contributed by atoms with Crippen LogP contribution in [-0.2, 0) is 0 Å². The Kier molecular flexibility index (Phi) is 9.92.